The van der Waals surface area contributed by atoms with Crippen LogP contribution in [0.4, 0.5) is 0 Å². The van der Waals surface area contributed by atoms with Gasteiger partial charge in [0.05, 0.1) is 12.1 Å². The van der Waals surface area contributed by atoms with E-state index in [9.17, 15) is 4.79 Å². The summed E-state index contributed by atoms with van der Waals surface area (Å²) in [6.07, 6.45) is 0.802. The molecule has 104 valence electrons. The van der Waals surface area contributed by atoms with Crippen LogP contribution in [0.15, 0.2) is 18.2 Å². The summed E-state index contributed by atoms with van der Waals surface area (Å²) in [7, 11) is 0. The largest absolute Gasteiger partial charge is 0.376 e. The molecule has 0 bridgehead atoms. The topological polar surface area (TPSA) is 64.3 Å². The summed E-state index contributed by atoms with van der Waals surface area (Å²) in [6.45, 7) is 4.39. The molecule has 3 unspecified atom stereocenters. The SMILES string of the molecule is CCOC1CC(N)C1NC(=O)c1cccc(Cl)c1C. The first-order chi connectivity index (χ1) is 9.04. The van der Waals surface area contributed by atoms with Crippen molar-refractivity contribution in [3.05, 3.63) is 34.3 Å². The highest BCUT2D eigenvalue weighted by Gasteiger charge is 2.40. The Labute approximate surface area is 118 Å². The molecule has 0 saturated heterocycles. The number of amides is 1. The van der Waals surface area contributed by atoms with Crippen molar-refractivity contribution in [2.24, 2.45) is 5.73 Å². The first-order valence-electron chi connectivity index (χ1n) is 6.47. The number of hydrogen-bond donors (Lipinski definition) is 2. The minimum absolute atomic E-state index is 0.0171. The Balaban J connectivity index is 2.06. The fourth-order valence-electron chi connectivity index (χ4n) is 2.31. The van der Waals surface area contributed by atoms with Crippen molar-refractivity contribution >= 4 is 17.5 Å². The van der Waals surface area contributed by atoms with Crippen LogP contribution in [0.5, 0.6) is 0 Å². The number of ether oxygens (including phenoxy) is 1. The molecule has 1 saturated carbocycles. The molecule has 0 radical (unpaired) electrons. The van der Waals surface area contributed by atoms with E-state index in [1.807, 2.05) is 13.8 Å². The van der Waals surface area contributed by atoms with Crippen LogP contribution in [0.3, 0.4) is 0 Å². The van der Waals surface area contributed by atoms with Gasteiger partial charge in [-0.05, 0) is 38.0 Å². The van der Waals surface area contributed by atoms with Crippen LogP contribution in [0.25, 0.3) is 0 Å². The van der Waals surface area contributed by atoms with E-state index in [-0.39, 0.29) is 24.1 Å². The van der Waals surface area contributed by atoms with Gasteiger partial charge in [0.2, 0.25) is 0 Å². The van der Waals surface area contributed by atoms with Crippen LogP contribution in [0, 0.1) is 6.92 Å². The number of nitrogens with one attached hydrogen (secondary N) is 1. The molecule has 3 N–H and O–H groups in total. The summed E-state index contributed by atoms with van der Waals surface area (Å²) in [5, 5.41) is 3.53. The molecule has 3 atom stereocenters. The minimum atomic E-state index is -0.148. The quantitative estimate of drug-likeness (QED) is 0.886. The summed E-state index contributed by atoms with van der Waals surface area (Å²) in [5.74, 6) is -0.148. The second-order valence-corrected chi connectivity index (χ2v) is 5.21. The Morgan fingerprint density at radius 3 is 2.95 bits per heavy atom. The van der Waals surface area contributed by atoms with Crippen molar-refractivity contribution in [1.82, 2.24) is 5.32 Å². The summed E-state index contributed by atoms with van der Waals surface area (Å²) in [4.78, 5) is 12.2. The van der Waals surface area contributed by atoms with Gasteiger partial charge in [-0.15, -0.1) is 0 Å². The Morgan fingerprint density at radius 2 is 2.32 bits per heavy atom. The molecular formula is C14H19ClN2O2. The van der Waals surface area contributed by atoms with Crippen molar-refractivity contribution in [1.29, 1.82) is 0 Å². The Kier molecular flexibility index (Phi) is 4.45. The standard InChI is InChI=1S/C14H19ClN2O2/c1-3-19-12-7-11(16)13(12)17-14(18)9-5-4-6-10(15)8(9)2/h4-6,11-13H,3,7,16H2,1-2H3,(H,17,18). The molecule has 4 nitrogen and oxygen atoms in total. The van der Waals surface area contributed by atoms with Gasteiger partial charge in [0.1, 0.15) is 0 Å². The van der Waals surface area contributed by atoms with E-state index in [0.717, 1.165) is 12.0 Å². The van der Waals surface area contributed by atoms with Gasteiger partial charge < -0.3 is 15.8 Å². The molecule has 0 heterocycles. The third-order valence-corrected chi connectivity index (χ3v) is 3.97. The predicted octanol–water partition coefficient (Wildman–Crippen LogP) is 1.88. The van der Waals surface area contributed by atoms with Crippen molar-refractivity contribution < 1.29 is 9.53 Å². The van der Waals surface area contributed by atoms with Crippen molar-refractivity contribution in [3.63, 3.8) is 0 Å². The highest BCUT2D eigenvalue weighted by molar-refractivity contribution is 6.31. The van der Waals surface area contributed by atoms with Crippen LogP contribution >= 0.6 is 11.6 Å². The highest BCUT2D eigenvalue weighted by Crippen LogP contribution is 2.24. The smallest absolute Gasteiger partial charge is 0.251 e. The van der Waals surface area contributed by atoms with E-state index in [2.05, 4.69) is 5.32 Å². The van der Waals surface area contributed by atoms with E-state index in [4.69, 9.17) is 22.1 Å². The van der Waals surface area contributed by atoms with Gasteiger partial charge in [-0.3, -0.25) is 4.79 Å². The maximum atomic E-state index is 12.2. The molecule has 19 heavy (non-hydrogen) atoms. The van der Waals surface area contributed by atoms with Crippen molar-refractivity contribution in [2.45, 2.75) is 38.5 Å². The van der Waals surface area contributed by atoms with Crippen LogP contribution in [-0.2, 0) is 4.74 Å². The normalized spacial score (nSPS) is 25.8. The lowest BCUT2D eigenvalue weighted by Gasteiger charge is -2.42. The third-order valence-electron chi connectivity index (χ3n) is 3.56. The second-order valence-electron chi connectivity index (χ2n) is 4.80. The molecule has 0 aliphatic heterocycles. The molecule has 0 spiro atoms. The van der Waals surface area contributed by atoms with Gasteiger partial charge in [-0.25, -0.2) is 0 Å². The summed E-state index contributed by atoms with van der Waals surface area (Å²) < 4.78 is 5.53. The number of carbonyl (C=O) groups excluding carboxylic acids is 1. The number of carbonyl (C=O) groups is 1. The molecule has 1 aromatic carbocycles. The predicted molar refractivity (Wildman–Crippen MR) is 75.4 cm³/mol. The first kappa shape index (κ1) is 14.3. The lowest BCUT2D eigenvalue weighted by Crippen LogP contribution is -2.64. The molecule has 1 aliphatic carbocycles. The Morgan fingerprint density at radius 1 is 1.58 bits per heavy atom. The fraction of sp³-hybridized carbons (Fsp3) is 0.500. The third kappa shape index (κ3) is 2.91. The van der Waals surface area contributed by atoms with Crippen molar-refractivity contribution in [3.8, 4) is 0 Å². The van der Waals surface area contributed by atoms with Gasteiger partial charge in [0, 0.05) is 23.2 Å². The molecule has 1 amide bonds. The highest BCUT2D eigenvalue weighted by atomic mass is 35.5. The van der Waals surface area contributed by atoms with Crippen LogP contribution < -0.4 is 11.1 Å². The molecule has 1 aromatic rings. The van der Waals surface area contributed by atoms with E-state index in [1.165, 1.54) is 0 Å². The Hall–Kier alpha value is -1.10. The monoisotopic (exact) mass is 282 g/mol. The second kappa shape index (κ2) is 5.90. The zero-order valence-corrected chi connectivity index (χ0v) is 11.9. The van der Waals surface area contributed by atoms with Crippen LogP contribution in [-0.4, -0.2) is 30.7 Å². The lowest BCUT2D eigenvalue weighted by atomic mass is 9.83. The summed E-state index contributed by atoms with van der Waals surface area (Å²) >= 11 is 6.02. The van der Waals surface area contributed by atoms with E-state index >= 15 is 0 Å². The van der Waals surface area contributed by atoms with Crippen LogP contribution in [0.2, 0.25) is 5.02 Å². The molecule has 5 heteroatoms. The number of halogens is 1. The van der Waals surface area contributed by atoms with Crippen LogP contribution in [0.1, 0.15) is 29.3 Å². The van der Waals surface area contributed by atoms with E-state index in [0.29, 0.717) is 17.2 Å². The van der Waals surface area contributed by atoms with Gasteiger partial charge in [-0.1, -0.05) is 17.7 Å². The zero-order valence-electron chi connectivity index (χ0n) is 11.2. The maximum Gasteiger partial charge on any atom is 0.251 e. The average Bonchev–Trinajstić information content (AvgIpc) is 2.39. The van der Waals surface area contributed by atoms with Gasteiger partial charge >= 0.3 is 0 Å². The number of rotatable bonds is 4. The van der Waals surface area contributed by atoms with Gasteiger partial charge in [0.25, 0.3) is 5.91 Å². The lowest BCUT2D eigenvalue weighted by molar-refractivity contribution is -0.0300. The maximum absolute atomic E-state index is 12.2. The Bertz CT molecular complexity index is 477. The fourth-order valence-corrected chi connectivity index (χ4v) is 2.48. The molecular weight excluding hydrogens is 264 g/mol. The van der Waals surface area contributed by atoms with Gasteiger partial charge in [-0.2, -0.15) is 0 Å². The van der Waals surface area contributed by atoms with E-state index in [1.54, 1.807) is 18.2 Å². The summed E-state index contributed by atoms with van der Waals surface area (Å²) in [5.41, 5.74) is 7.28. The zero-order chi connectivity index (χ0) is 14.0. The molecule has 2 rings (SSSR count). The van der Waals surface area contributed by atoms with Gasteiger partial charge in [0.15, 0.2) is 0 Å². The number of benzene rings is 1. The molecule has 0 aromatic heterocycles. The van der Waals surface area contributed by atoms with Crippen molar-refractivity contribution in [2.75, 3.05) is 6.61 Å². The van der Waals surface area contributed by atoms with E-state index < -0.39 is 0 Å². The molecule has 1 fully saturated rings. The number of hydrogen-bond acceptors (Lipinski definition) is 3. The summed E-state index contributed by atoms with van der Waals surface area (Å²) in [6, 6.07) is 5.14. The average molecular weight is 283 g/mol. The molecule has 1 aliphatic rings. The first-order valence-corrected chi connectivity index (χ1v) is 6.85. The number of nitrogens with two attached hydrogens (primary N) is 1. The minimum Gasteiger partial charge on any atom is -0.376 e.